The minimum Gasteiger partial charge on any atom is -0.478 e. The van der Waals surface area contributed by atoms with Gasteiger partial charge in [-0.2, -0.15) is 0 Å². The monoisotopic (exact) mass is 274 g/mol. The largest absolute Gasteiger partial charge is 0.478 e. The van der Waals surface area contributed by atoms with Crippen LogP contribution in [0, 0.1) is 0 Å². The Morgan fingerprint density at radius 1 is 1.57 bits per heavy atom. The van der Waals surface area contributed by atoms with Gasteiger partial charge in [-0.25, -0.2) is 4.79 Å². The second-order valence-electron chi connectivity index (χ2n) is 2.59. The molecule has 1 aromatic rings. The van der Waals surface area contributed by atoms with Crippen molar-refractivity contribution in [1.82, 2.24) is 0 Å². The summed E-state index contributed by atoms with van der Waals surface area (Å²) in [7, 11) is 0. The number of aromatic carboxylic acids is 1. The van der Waals surface area contributed by atoms with Crippen LogP contribution in [0.2, 0.25) is 5.02 Å². The maximum atomic E-state index is 10.8. The van der Waals surface area contributed by atoms with Crippen molar-refractivity contribution in [2.75, 3.05) is 5.33 Å². The van der Waals surface area contributed by atoms with E-state index in [1.165, 1.54) is 6.07 Å². The van der Waals surface area contributed by atoms with Crippen molar-refractivity contribution in [1.29, 1.82) is 0 Å². The summed E-state index contributed by atoms with van der Waals surface area (Å²) in [6.07, 6.45) is 3.57. The van der Waals surface area contributed by atoms with Gasteiger partial charge in [0.25, 0.3) is 0 Å². The smallest absolute Gasteiger partial charge is 0.336 e. The Morgan fingerprint density at radius 3 is 2.86 bits per heavy atom. The number of benzene rings is 1. The molecular weight excluding hydrogens is 267 g/mol. The maximum Gasteiger partial charge on any atom is 0.336 e. The number of carbonyl (C=O) groups is 1. The highest BCUT2D eigenvalue weighted by molar-refractivity contribution is 9.09. The molecular formula is C10H8BrClO2. The van der Waals surface area contributed by atoms with E-state index in [0.29, 0.717) is 15.9 Å². The van der Waals surface area contributed by atoms with Gasteiger partial charge in [0.15, 0.2) is 0 Å². The molecule has 0 amide bonds. The molecule has 0 radical (unpaired) electrons. The molecule has 0 fully saturated rings. The molecule has 0 heterocycles. The Morgan fingerprint density at radius 2 is 2.29 bits per heavy atom. The van der Waals surface area contributed by atoms with E-state index in [4.69, 9.17) is 16.7 Å². The Hall–Kier alpha value is -0.800. The van der Waals surface area contributed by atoms with Crippen LogP contribution in [0.25, 0.3) is 6.08 Å². The van der Waals surface area contributed by atoms with E-state index >= 15 is 0 Å². The summed E-state index contributed by atoms with van der Waals surface area (Å²) in [5, 5.41) is 10.0. The lowest BCUT2D eigenvalue weighted by Gasteiger charge is -2.01. The van der Waals surface area contributed by atoms with Gasteiger partial charge in [0, 0.05) is 10.4 Å². The first-order valence-corrected chi connectivity index (χ1v) is 5.40. The Labute approximate surface area is 95.3 Å². The molecule has 0 aliphatic rings. The molecule has 14 heavy (non-hydrogen) atoms. The summed E-state index contributed by atoms with van der Waals surface area (Å²) in [5.41, 5.74) is 0.871. The molecule has 0 spiro atoms. The minimum absolute atomic E-state index is 0.217. The van der Waals surface area contributed by atoms with E-state index in [1.807, 2.05) is 6.08 Å². The first kappa shape index (κ1) is 11.3. The van der Waals surface area contributed by atoms with Gasteiger partial charge in [-0.3, -0.25) is 0 Å². The van der Waals surface area contributed by atoms with E-state index < -0.39 is 5.97 Å². The third-order valence-corrected chi connectivity index (χ3v) is 2.24. The van der Waals surface area contributed by atoms with Gasteiger partial charge in [-0.15, -0.1) is 0 Å². The highest BCUT2D eigenvalue weighted by Crippen LogP contribution is 2.17. The van der Waals surface area contributed by atoms with Crippen LogP contribution >= 0.6 is 27.5 Å². The van der Waals surface area contributed by atoms with Crippen LogP contribution in [-0.2, 0) is 0 Å². The number of rotatable bonds is 3. The Bertz CT molecular complexity index is 374. The number of carboxylic acid groups (broad SMARTS) is 1. The molecule has 0 unspecified atom stereocenters. The molecule has 0 bridgehead atoms. The second kappa shape index (κ2) is 5.17. The zero-order valence-corrected chi connectivity index (χ0v) is 9.55. The van der Waals surface area contributed by atoms with Crippen molar-refractivity contribution in [3.05, 3.63) is 40.4 Å². The Kier molecular flexibility index (Phi) is 4.17. The standard InChI is InChI=1S/C10H8BrClO2/c11-5-1-2-7-3-4-8(12)6-9(7)10(13)14/h1-4,6H,5H2,(H,13,14). The SMILES string of the molecule is O=C(O)c1cc(Cl)ccc1C=CCBr. The molecule has 74 valence electrons. The number of hydrogen-bond donors (Lipinski definition) is 1. The van der Waals surface area contributed by atoms with Crippen molar-refractivity contribution in [3.63, 3.8) is 0 Å². The fourth-order valence-electron chi connectivity index (χ4n) is 1.03. The maximum absolute atomic E-state index is 10.8. The van der Waals surface area contributed by atoms with Crippen LogP contribution in [0.1, 0.15) is 15.9 Å². The van der Waals surface area contributed by atoms with Crippen LogP contribution in [0.5, 0.6) is 0 Å². The van der Waals surface area contributed by atoms with Gasteiger partial charge in [0.1, 0.15) is 0 Å². The van der Waals surface area contributed by atoms with Crippen LogP contribution in [0.15, 0.2) is 24.3 Å². The lowest BCUT2D eigenvalue weighted by atomic mass is 10.1. The molecule has 0 aromatic heterocycles. The fourth-order valence-corrected chi connectivity index (χ4v) is 1.39. The molecule has 1 aromatic carbocycles. The Balaban J connectivity index is 3.15. The van der Waals surface area contributed by atoms with Crippen LogP contribution in [0.3, 0.4) is 0 Å². The van der Waals surface area contributed by atoms with Crippen LogP contribution in [0.4, 0.5) is 0 Å². The normalized spacial score (nSPS) is 10.7. The molecule has 0 saturated carbocycles. The van der Waals surface area contributed by atoms with Crippen molar-refractivity contribution < 1.29 is 9.90 Å². The van der Waals surface area contributed by atoms with Crippen LogP contribution < -0.4 is 0 Å². The molecule has 1 N–H and O–H groups in total. The van der Waals surface area contributed by atoms with Crippen molar-refractivity contribution in [2.24, 2.45) is 0 Å². The quantitative estimate of drug-likeness (QED) is 0.858. The summed E-state index contributed by atoms with van der Waals surface area (Å²) < 4.78 is 0. The van der Waals surface area contributed by atoms with Crippen molar-refractivity contribution in [3.8, 4) is 0 Å². The first-order valence-electron chi connectivity index (χ1n) is 3.90. The van der Waals surface area contributed by atoms with E-state index in [1.54, 1.807) is 18.2 Å². The zero-order chi connectivity index (χ0) is 10.6. The average molecular weight is 276 g/mol. The van der Waals surface area contributed by atoms with Gasteiger partial charge in [0.2, 0.25) is 0 Å². The summed E-state index contributed by atoms with van der Waals surface area (Å²) in [5.74, 6) is -0.971. The van der Waals surface area contributed by atoms with E-state index in [-0.39, 0.29) is 5.56 Å². The highest BCUT2D eigenvalue weighted by atomic mass is 79.9. The van der Waals surface area contributed by atoms with Crippen molar-refractivity contribution >= 4 is 39.6 Å². The number of alkyl halides is 1. The number of hydrogen-bond acceptors (Lipinski definition) is 1. The predicted octanol–water partition coefficient (Wildman–Crippen LogP) is 3.45. The first-order chi connectivity index (χ1) is 6.65. The number of halogens is 2. The third kappa shape index (κ3) is 2.86. The third-order valence-electron chi connectivity index (χ3n) is 1.63. The fraction of sp³-hybridized carbons (Fsp3) is 0.100. The average Bonchev–Trinajstić information content (AvgIpc) is 2.15. The van der Waals surface area contributed by atoms with E-state index in [2.05, 4.69) is 15.9 Å². The second-order valence-corrected chi connectivity index (χ2v) is 3.68. The lowest BCUT2D eigenvalue weighted by molar-refractivity contribution is 0.0696. The summed E-state index contributed by atoms with van der Waals surface area (Å²) in [6.45, 7) is 0. The molecule has 0 saturated heterocycles. The summed E-state index contributed by atoms with van der Waals surface area (Å²) in [6, 6.07) is 4.80. The zero-order valence-electron chi connectivity index (χ0n) is 7.21. The molecule has 2 nitrogen and oxygen atoms in total. The van der Waals surface area contributed by atoms with E-state index in [0.717, 1.165) is 0 Å². The lowest BCUT2D eigenvalue weighted by Crippen LogP contribution is -1.99. The van der Waals surface area contributed by atoms with Gasteiger partial charge < -0.3 is 5.11 Å². The van der Waals surface area contributed by atoms with Gasteiger partial charge in [-0.05, 0) is 17.7 Å². The van der Waals surface area contributed by atoms with Crippen molar-refractivity contribution in [2.45, 2.75) is 0 Å². The molecule has 0 aliphatic heterocycles. The highest BCUT2D eigenvalue weighted by Gasteiger charge is 2.07. The van der Waals surface area contributed by atoms with Gasteiger partial charge in [-0.1, -0.05) is 45.7 Å². The molecule has 0 atom stereocenters. The van der Waals surface area contributed by atoms with Gasteiger partial charge in [0.05, 0.1) is 5.56 Å². The molecule has 0 aliphatic carbocycles. The minimum atomic E-state index is -0.971. The molecule has 1 rings (SSSR count). The van der Waals surface area contributed by atoms with E-state index in [9.17, 15) is 4.79 Å². The summed E-state index contributed by atoms with van der Waals surface area (Å²) in [4.78, 5) is 10.8. The van der Waals surface area contributed by atoms with Crippen LogP contribution in [-0.4, -0.2) is 16.4 Å². The summed E-state index contributed by atoms with van der Waals surface area (Å²) >= 11 is 8.92. The van der Waals surface area contributed by atoms with Gasteiger partial charge >= 0.3 is 5.97 Å². The number of allylic oxidation sites excluding steroid dienone is 1. The predicted molar refractivity (Wildman–Crippen MR) is 61.2 cm³/mol. The topological polar surface area (TPSA) is 37.3 Å². The number of carboxylic acids is 1. The molecule has 4 heteroatoms.